The topological polar surface area (TPSA) is 46.2 Å². The normalized spacial score (nSPS) is 9.67. The number of carbonyl (C=O) groups excluding carboxylic acids is 2. The minimum atomic E-state index is -0.343. The molecule has 15 heavy (non-hydrogen) atoms. The maximum atomic E-state index is 11.5. The second kappa shape index (κ2) is 5.96. The van der Waals surface area contributed by atoms with E-state index in [1.54, 1.807) is 24.3 Å². The van der Waals surface area contributed by atoms with Crippen molar-refractivity contribution in [3.05, 3.63) is 42.8 Å². The van der Waals surface area contributed by atoms with Crippen LogP contribution >= 0.6 is 0 Å². The highest BCUT2D eigenvalue weighted by Crippen LogP contribution is 1.99. The molecule has 0 atom stereocenters. The molecule has 1 radical (unpaired) electrons. The number of amides is 2. The molecule has 0 aliphatic rings. The zero-order valence-corrected chi connectivity index (χ0v) is 8.53. The zero-order chi connectivity index (χ0) is 11.1. The summed E-state index contributed by atoms with van der Waals surface area (Å²) in [6, 6.07) is 8.68. The van der Waals surface area contributed by atoms with Crippen LogP contribution in [0.1, 0.15) is 29.6 Å². The summed E-state index contributed by atoms with van der Waals surface area (Å²) < 4.78 is 0. The molecule has 0 aliphatic carbocycles. The van der Waals surface area contributed by atoms with E-state index < -0.39 is 0 Å². The predicted octanol–water partition coefficient (Wildman–Crippen LogP) is 1.95. The van der Waals surface area contributed by atoms with Crippen LogP contribution in [0.3, 0.4) is 0 Å². The number of benzene rings is 1. The molecule has 79 valence electrons. The molecule has 0 aliphatic heterocycles. The van der Waals surface area contributed by atoms with Crippen LogP contribution in [-0.4, -0.2) is 11.8 Å². The Labute approximate surface area is 89.5 Å². The van der Waals surface area contributed by atoms with Crippen LogP contribution in [-0.2, 0) is 4.79 Å². The second-order valence-electron chi connectivity index (χ2n) is 3.20. The average Bonchev–Trinajstić information content (AvgIpc) is 2.27. The van der Waals surface area contributed by atoms with Crippen LogP contribution in [0.5, 0.6) is 0 Å². The monoisotopic (exact) mass is 204 g/mol. The van der Waals surface area contributed by atoms with Crippen LogP contribution in [0.25, 0.3) is 0 Å². The van der Waals surface area contributed by atoms with E-state index in [0.717, 1.165) is 0 Å². The second-order valence-corrected chi connectivity index (χ2v) is 3.20. The number of nitrogens with one attached hydrogen (secondary N) is 1. The lowest BCUT2D eigenvalue weighted by atomic mass is 10.2. The van der Waals surface area contributed by atoms with E-state index in [4.69, 9.17) is 0 Å². The first-order valence-electron chi connectivity index (χ1n) is 4.92. The highest BCUT2D eigenvalue weighted by atomic mass is 16.2. The van der Waals surface area contributed by atoms with Gasteiger partial charge in [0.25, 0.3) is 5.91 Å². The summed E-state index contributed by atoms with van der Waals surface area (Å²) in [6.07, 6.45) is 1.75. The zero-order valence-electron chi connectivity index (χ0n) is 8.53. The summed E-state index contributed by atoms with van der Waals surface area (Å²) in [5.74, 6) is -0.586. The molecule has 0 saturated carbocycles. The Morgan fingerprint density at radius 3 is 2.47 bits per heavy atom. The van der Waals surface area contributed by atoms with Gasteiger partial charge in [-0.3, -0.25) is 14.9 Å². The van der Waals surface area contributed by atoms with E-state index >= 15 is 0 Å². The summed E-state index contributed by atoms with van der Waals surface area (Å²) in [6.45, 7) is 3.63. The molecule has 3 nitrogen and oxygen atoms in total. The van der Waals surface area contributed by atoms with Crippen molar-refractivity contribution in [3.8, 4) is 0 Å². The Hall–Kier alpha value is -1.64. The molecule has 1 rings (SSSR count). The fourth-order valence-corrected chi connectivity index (χ4v) is 1.14. The minimum Gasteiger partial charge on any atom is -0.292 e. The van der Waals surface area contributed by atoms with E-state index in [0.29, 0.717) is 24.8 Å². The Morgan fingerprint density at radius 2 is 1.87 bits per heavy atom. The Bertz CT molecular complexity index is 333. The summed E-state index contributed by atoms with van der Waals surface area (Å²) in [5.41, 5.74) is 0.500. The maximum Gasteiger partial charge on any atom is 0.257 e. The van der Waals surface area contributed by atoms with Crippen molar-refractivity contribution < 1.29 is 9.59 Å². The van der Waals surface area contributed by atoms with Crippen LogP contribution in [0.2, 0.25) is 0 Å². The van der Waals surface area contributed by atoms with Gasteiger partial charge in [-0.1, -0.05) is 31.5 Å². The largest absolute Gasteiger partial charge is 0.292 e. The highest BCUT2D eigenvalue weighted by Gasteiger charge is 2.08. The Morgan fingerprint density at radius 1 is 1.20 bits per heavy atom. The maximum absolute atomic E-state index is 11.5. The summed E-state index contributed by atoms with van der Waals surface area (Å²) in [5, 5.41) is 2.33. The van der Waals surface area contributed by atoms with Gasteiger partial charge in [0.2, 0.25) is 5.91 Å². The lowest BCUT2D eigenvalue weighted by Gasteiger charge is -2.02. The van der Waals surface area contributed by atoms with E-state index in [9.17, 15) is 9.59 Å². The molecule has 0 saturated heterocycles. The van der Waals surface area contributed by atoms with Gasteiger partial charge >= 0.3 is 0 Å². The van der Waals surface area contributed by atoms with Gasteiger partial charge in [-0.2, -0.15) is 0 Å². The van der Waals surface area contributed by atoms with Gasteiger partial charge in [-0.05, 0) is 18.6 Å². The summed E-state index contributed by atoms with van der Waals surface area (Å²) in [7, 11) is 0. The number of imide groups is 1. The first kappa shape index (κ1) is 11.4. The summed E-state index contributed by atoms with van der Waals surface area (Å²) in [4.78, 5) is 22.7. The van der Waals surface area contributed by atoms with E-state index in [1.807, 2.05) is 6.07 Å². The van der Waals surface area contributed by atoms with Crippen LogP contribution in [0.4, 0.5) is 0 Å². The number of hydrogen-bond donors (Lipinski definition) is 1. The Kier molecular flexibility index (Phi) is 4.54. The first-order valence-corrected chi connectivity index (χ1v) is 4.92. The lowest BCUT2D eigenvalue weighted by molar-refractivity contribution is -0.120. The molecular formula is C12H14NO2. The van der Waals surface area contributed by atoms with Gasteiger partial charge in [0, 0.05) is 12.0 Å². The fourth-order valence-electron chi connectivity index (χ4n) is 1.14. The molecule has 2 amide bonds. The van der Waals surface area contributed by atoms with Gasteiger partial charge in [-0.15, -0.1) is 0 Å². The molecule has 1 aromatic rings. The minimum absolute atomic E-state index is 0.243. The lowest BCUT2D eigenvalue weighted by Crippen LogP contribution is -2.30. The van der Waals surface area contributed by atoms with Crippen LogP contribution in [0.15, 0.2) is 30.3 Å². The molecular weight excluding hydrogens is 190 g/mol. The first-order chi connectivity index (χ1) is 7.24. The predicted molar refractivity (Wildman–Crippen MR) is 58.1 cm³/mol. The Balaban J connectivity index is 2.46. The van der Waals surface area contributed by atoms with Crippen LogP contribution < -0.4 is 5.32 Å². The molecule has 1 N–H and O–H groups in total. The molecule has 0 fully saturated rings. The fraction of sp³-hybridized carbons (Fsp3) is 0.250. The van der Waals surface area contributed by atoms with Crippen molar-refractivity contribution in [2.24, 2.45) is 0 Å². The highest BCUT2D eigenvalue weighted by molar-refractivity contribution is 6.04. The number of carbonyl (C=O) groups is 2. The standard InChI is InChI=1S/C12H14NO2/c1-2-3-9-11(14)13-12(15)10-7-5-4-6-8-10/h4-8H,1-3,9H2,(H,13,14,15). The molecule has 0 spiro atoms. The molecule has 0 heterocycles. The van der Waals surface area contributed by atoms with Gasteiger partial charge < -0.3 is 0 Å². The van der Waals surface area contributed by atoms with Crippen molar-refractivity contribution in [2.75, 3.05) is 0 Å². The van der Waals surface area contributed by atoms with E-state index in [1.165, 1.54) is 0 Å². The van der Waals surface area contributed by atoms with Crippen molar-refractivity contribution in [2.45, 2.75) is 19.3 Å². The summed E-state index contributed by atoms with van der Waals surface area (Å²) >= 11 is 0. The van der Waals surface area contributed by atoms with Gasteiger partial charge in [0.05, 0.1) is 0 Å². The van der Waals surface area contributed by atoms with Crippen molar-refractivity contribution in [3.63, 3.8) is 0 Å². The molecule has 0 unspecified atom stereocenters. The van der Waals surface area contributed by atoms with Crippen molar-refractivity contribution in [1.82, 2.24) is 5.32 Å². The van der Waals surface area contributed by atoms with Crippen molar-refractivity contribution >= 4 is 11.8 Å². The molecule has 0 bridgehead atoms. The SMILES string of the molecule is [CH2]CCCC(=O)NC(=O)c1ccccc1. The third kappa shape index (κ3) is 3.94. The third-order valence-electron chi connectivity index (χ3n) is 1.94. The average molecular weight is 204 g/mol. The number of unbranched alkanes of at least 4 members (excludes halogenated alkanes) is 1. The molecule has 3 heteroatoms. The third-order valence-corrected chi connectivity index (χ3v) is 1.94. The number of hydrogen-bond acceptors (Lipinski definition) is 2. The molecule has 1 aromatic carbocycles. The van der Waals surface area contributed by atoms with Crippen LogP contribution in [0, 0.1) is 6.92 Å². The molecule has 0 aromatic heterocycles. The van der Waals surface area contributed by atoms with Gasteiger partial charge in [-0.25, -0.2) is 0 Å². The number of rotatable bonds is 4. The van der Waals surface area contributed by atoms with Crippen molar-refractivity contribution in [1.29, 1.82) is 0 Å². The smallest absolute Gasteiger partial charge is 0.257 e. The van der Waals surface area contributed by atoms with Gasteiger partial charge in [0.15, 0.2) is 0 Å². The van der Waals surface area contributed by atoms with E-state index in [2.05, 4.69) is 12.2 Å². The quantitative estimate of drug-likeness (QED) is 0.814. The van der Waals surface area contributed by atoms with Gasteiger partial charge in [0.1, 0.15) is 0 Å². The van der Waals surface area contributed by atoms with E-state index in [-0.39, 0.29) is 11.8 Å².